The molecule has 3 N–H and O–H groups in total. The first-order valence-electron chi connectivity index (χ1n) is 5.36. The molecule has 104 valence electrons. The van der Waals surface area contributed by atoms with E-state index < -0.39 is 40.5 Å². The van der Waals surface area contributed by atoms with Gasteiger partial charge < -0.3 is 15.5 Å². The fraction of sp³-hybridized carbons (Fsp3) is 0. The van der Waals surface area contributed by atoms with E-state index in [1.165, 1.54) is 0 Å². The number of benzene rings is 2. The predicted octanol–water partition coefficient (Wildman–Crippen LogP) is 2.77. The van der Waals surface area contributed by atoms with Crippen LogP contribution in [0.2, 0.25) is 0 Å². The van der Waals surface area contributed by atoms with Crippen molar-refractivity contribution in [3.05, 3.63) is 53.3 Å². The molecular weight excluding hydrogens is 275 g/mol. The number of phenols is 2. The number of anilines is 1. The van der Waals surface area contributed by atoms with Crippen molar-refractivity contribution in [2.45, 2.75) is 0 Å². The Morgan fingerprint density at radius 2 is 1.40 bits per heavy atom. The van der Waals surface area contributed by atoms with Crippen molar-refractivity contribution in [1.82, 2.24) is 0 Å². The maximum atomic E-state index is 13.4. The molecule has 0 saturated carbocycles. The Kier molecular flexibility index (Phi) is 3.51. The Morgan fingerprint density at radius 3 is 1.90 bits per heavy atom. The number of hydrogen-bond acceptors (Lipinski definition) is 3. The summed E-state index contributed by atoms with van der Waals surface area (Å²) in [7, 11) is 0. The standard InChI is InChI=1S/C13H8F3NO3/c14-7-3-10(15)12(11(16)4-7)17-13(20)6-1-8(18)5-9(19)2-6/h1-5,18-19H,(H,17,20). The number of carbonyl (C=O) groups is 1. The maximum absolute atomic E-state index is 13.4. The molecule has 0 spiro atoms. The molecule has 0 aliphatic carbocycles. The molecule has 0 bridgehead atoms. The first-order chi connectivity index (χ1) is 9.36. The second-order valence-electron chi connectivity index (χ2n) is 3.94. The zero-order valence-electron chi connectivity index (χ0n) is 9.82. The molecule has 0 aliphatic heterocycles. The van der Waals surface area contributed by atoms with Crippen molar-refractivity contribution in [3.63, 3.8) is 0 Å². The summed E-state index contributed by atoms with van der Waals surface area (Å²) >= 11 is 0. The van der Waals surface area contributed by atoms with Gasteiger partial charge in [0.25, 0.3) is 5.91 Å². The van der Waals surface area contributed by atoms with E-state index in [-0.39, 0.29) is 5.56 Å². The molecule has 0 saturated heterocycles. The van der Waals surface area contributed by atoms with E-state index >= 15 is 0 Å². The number of halogens is 3. The Labute approximate surface area is 111 Å². The van der Waals surface area contributed by atoms with E-state index in [4.69, 9.17) is 0 Å². The van der Waals surface area contributed by atoms with Crippen molar-refractivity contribution in [3.8, 4) is 11.5 Å². The molecule has 20 heavy (non-hydrogen) atoms. The van der Waals surface area contributed by atoms with Crippen molar-refractivity contribution in [2.24, 2.45) is 0 Å². The molecule has 0 radical (unpaired) electrons. The lowest BCUT2D eigenvalue weighted by Gasteiger charge is -2.08. The van der Waals surface area contributed by atoms with Crippen molar-refractivity contribution in [1.29, 1.82) is 0 Å². The largest absolute Gasteiger partial charge is 0.508 e. The minimum atomic E-state index is -1.28. The first-order valence-corrected chi connectivity index (χ1v) is 5.36. The van der Waals surface area contributed by atoms with Crippen LogP contribution in [0, 0.1) is 17.5 Å². The molecule has 2 aromatic rings. The van der Waals surface area contributed by atoms with Crippen LogP contribution in [0.3, 0.4) is 0 Å². The van der Waals surface area contributed by atoms with Gasteiger partial charge in [-0.15, -0.1) is 0 Å². The molecular formula is C13H8F3NO3. The van der Waals surface area contributed by atoms with Crippen molar-refractivity contribution < 1.29 is 28.2 Å². The lowest BCUT2D eigenvalue weighted by atomic mass is 10.1. The number of rotatable bonds is 2. The van der Waals surface area contributed by atoms with Crippen LogP contribution in [0.15, 0.2) is 30.3 Å². The van der Waals surface area contributed by atoms with Gasteiger partial charge in [-0.05, 0) is 12.1 Å². The van der Waals surface area contributed by atoms with E-state index in [2.05, 4.69) is 0 Å². The van der Waals surface area contributed by atoms with Crippen LogP contribution in [0.25, 0.3) is 0 Å². The maximum Gasteiger partial charge on any atom is 0.256 e. The third-order valence-corrected chi connectivity index (χ3v) is 2.41. The topological polar surface area (TPSA) is 69.6 Å². The smallest absolute Gasteiger partial charge is 0.256 e. The molecule has 2 aromatic carbocycles. The monoisotopic (exact) mass is 283 g/mol. The summed E-state index contributed by atoms with van der Waals surface area (Å²) in [6.45, 7) is 0. The SMILES string of the molecule is O=C(Nc1c(F)cc(F)cc1F)c1cc(O)cc(O)c1. The van der Waals surface area contributed by atoms with Crippen LogP contribution in [0.1, 0.15) is 10.4 Å². The number of amides is 1. The molecule has 7 heteroatoms. The zero-order chi connectivity index (χ0) is 14.9. The van der Waals surface area contributed by atoms with E-state index in [9.17, 15) is 28.2 Å². The van der Waals surface area contributed by atoms with Crippen LogP contribution in [0.4, 0.5) is 18.9 Å². The quantitative estimate of drug-likeness (QED) is 0.793. The van der Waals surface area contributed by atoms with Gasteiger partial charge in [-0.2, -0.15) is 0 Å². The van der Waals surface area contributed by atoms with Gasteiger partial charge in [-0.3, -0.25) is 4.79 Å². The third kappa shape index (κ3) is 2.82. The van der Waals surface area contributed by atoms with E-state index in [0.717, 1.165) is 18.2 Å². The van der Waals surface area contributed by atoms with Crippen LogP contribution in [0.5, 0.6) is 11.5 Å². The molecule has 0 heterocycles. The lowest BCUT2D eigenvalue weighted by molar-refractivity contribution is 0.102. The molecule has 0 aliphatic rings. The lowest BCUT2D eigenvalue weighted by Crippen LogP contribution is -2.14. The second kappa shape index (κ2) is 5.12. The van der Waals surface area contributed by atoms with Crippen molar-refractivity contribution >= 4 is 11.6 Å². The van der Waals surface area contributed by atoms with Gasteiger partial charge in [0.15, 0.2) is 11.6 Å². The summed E-state index contributed by atoms with van der Waals surface area (Å²) in [5.74, 6) is -5.43. The molecule has 2 rings (SSSR count). The Balaban J connectivity index is 2.32. The average Bonchev–Trinajstić information content (AvgIpc) is 2.32. The fourth-order valence-corrected chi connectivity index (χ4v) is 1.57. The summed E-state index contributed by atoms with van der Waals surface area (Å²) in [6, 6.07) is 3.80. The average molecular weight is 283 g/mol. The van der Waals surface area contributed by atoms with Gasteiger partial charge in [-0.25, -0.2) is 13.2 Å². The Hall–Kier alpha value is -2.70. The number of aromatic hydroxyl groups is 2. The highest BCUT2D eigenvalue weighted by Crippen LogP contribution is 2.24. The number of phenolic OH excluding ortho intramolecular Hbond substituents is 2. The number of carbonyl (C=O) groups excluding carboxylic acids is 1. The normalized spacial score (nSPS) is 10.3. The highest BCUT2D eigenvalue weighted by Gasteiger charge is 2.16. The second-order valence-corrected chi connectivity index (χ2v) is 3.94. The van der Waals surface area contributed by atoms with Crippen LogP contribution in [-0.4, -0.2) is 16.1 Å². The summed E-state index contributed by atoms with van der Waals surface area (Å²) < 4.78 is 39.4. The number of hydrogen-bond donors (Lipinski definition) is 3. The summed E-state index contributed by atoms with van der Waals surface area (Å²) in [5, 5.41) is 20.3. The molecule has 0 fully saturated rings. The number of nitrogens with one attached hydrogen (secondary N) is 1. The van der Waals surface area contributed by atoms with Gasteiger partial charge in [0.1, 0.15) is 23.0 Å². The molecule has 1 amide bonds. The minimum Gasteiger partial charge on any atom is -0.508 e. The summed E-state index contributed by atoms with van der Waals surface area (Å²) in [5.41, 5.74) is -1.04. The Bertz CT molecular complexity index is 645. The van der Waals surface area contributed by atoms with Crippen molar-refractivity contribution in [2.75, 3.05) is 5.32 Å². The molecule has 4 nitrogen and oxygen atoms in total. The minimum absolute atomic E-state index is 0.217. The van der Waals surface area contributed by atoms with E-state index in [1.54, 1.807) is 0 Å². The van der Waals surface area contributed by atoms with Crippen LogP contribution >= 0.6 is 0 Å². The predicted molar refractivity (Wildman–Crippen MR) is 64.0 cm³/mol. The summed E-state index contributed by atoms with van der Waals surface area (Å²) in [6.07, 6.45) is 0. The van der Waals surface area contributed by atoms with Crippen LogP contribution < -0.4 is 5.32 Å². The van der Waals surface area contributed by atoms with Gasteiger partial charge in [-0.1, -0.05) is 0 Å². The van der Waals surface area contributed by atoms with Gasteiger partial charge in [0.2, 0.25) is 0 Å². The first kappa shape index (κ1) is 13.7. The van der Waals surface area contributed by atoms with Crippen LogP contribution in [-0.2, 0) is 0 Å². The zero-order valence-corrected chi connectivity index (χ0v) is 9.82. The van der Waals surface area contributed by atoms with Gasteiger partial charge >= 0.3 is 0 Å². The van der Waals surface area contributed by atoms with E-state index in [0.29, 0.717) is 12.1 Å². The Morgan fingerprint density at radius 1 is 0.900 bits per heavy atom. The molecule has 0 aromatic heterocycles. The molecule has 0 atom stereocenters. The summed E-state index contributed by atoms with van der Waals surface area (Å²) in [4.78, 5) is 11.7. The van der Waals surface area contributed by atoms with Gasteiger partial charge in [0.05, 0.1) is 0 Å². The molecule has 0 unspecified atom stereocenters. The third-order valence-electron chi connectivity index (χ3n) is 2.41. The highest BCUT2D eigenvalue weighted by atomic mass is 19.1. The van der Waals surface area contributed by atoms with E-state index in [1.807, 2.05) is 5.32 Å². The fourth-order valence-electron chi connectivity index (χ4n) is 1.57. The highest BCUT2D eigenvalue weighted by molar-refractivity contribution is 6.04. The van der Waals surface area contributed by atoms with Gasteiger partial charge in [0, 0.05) is 23.8 Å².